The van der Waals surface area contributed by atoms with Gasteiger partial charge in [-0.3, -0.25) is 14.8 Å². The second kappa shape index (κ2) is 8.02. The van der Waals surface area contributed by atoms with Gasteiger partial charge in [-0.25, -0.2) is 0 Å². The molecule has 3 aromatic rings. The summed E-state index contributed by atoms with van der Waals surface area (Å²) in [4.78, 5) is 16.4. The molecule has 1 fully saturated rings. The van der Waals surface area contributed by atoms with Gasteiger partial charge in [-0.05, 0) is 36.6 Å². The molecule has 31 heavy (non-hydrogen) atoms. The van der Waals surface area contributed by atoms with Crippen LogP contribution in [0.15, 0.2) is 43.1 Å². The number of aryl methyl sites for hydroxylation is 1. The van der Waals surface area contributed by atoms with Gasteiger partial charge in [0.15, 0.2) is 0 Å². The van der Waals surface area contributed by atoms with Crippen LogP contribution in [-0.4, -0.2) is 58.2 Å². The predicted molar refractivity (Wildman–Crippen MR) is 122 cm³/mol. The fraction of sp³-hybridized carbons (Fsp3) is 0.333. The molecule has 0 aliphatic carbocycles. The number of hydrogen-bond acceptors (Lipinski definition) is 4. The van der Waals surface area contributed by atoms with E-state index in [9.17, 15) is 4.79 Å². The smallest absolute Gasteiger partial charge is 0.246 e. The lowest BCUT2D eigenvalue weighted by Crippen LogP contribution is -2.54. The SMILES string of the molecule is C=CC(=O)N1CCN2Cc3ccc(-c4c(C)ccc5[nH]ncc45)c(Cl)c3OCCC2C1. The average molecular weight is 437 g/mol. The molecule has 1 unspecified atom stereocenters. The van der Waals surface area contributed by atoms with Gasteiger partial charge in [0.2, 0.25) is 5.91 Å². The van der Waals surface area contributed by atoms with Crippen molar-refractivity contribution in [2.75, 3.05) is 26.2 Å². The summed E-state index contributed by atoms with van der Waals surface area (Å²) in [5, 5.41) is 8.94. The van der Waals surface area contributed by atoms with Crippen LogP contribution in [0.25, 0.3) is 22.0 Å². The monoisotopic (exact) mass is 436 g/mol. The van der Waals surface area contributed by atoms with E-state index < -0.39 is 0 Å². The Kier molecular flexibility index (Phi) is 5.20. The number of ether oxygens (including phenoxy) is 1. The van der Waals surface area contributed by atoms with Gasteiger partial charge in [-0.15, -0.1) is 0 Å². The van der Waals surface area contributed by atoms with Crippen LogP contribution in [0.4, 0.5) is 0 Å². The van der Waals surface area contributed by atoms with Crippen molar-refractivity contribution in [2.45, 2.75) is 25.9 Å². The number of fused-ring (bicyclic) bond motifs is 3. The fourth-order valence-electron chi connectivity index (χ4n) is 4.77. The number of rotatable bonds is 2. The van der Waals surface area contributed by atoms with Crippen LogP contribution < -0.4 is 4.74 Å². The molecular weight excluding hydrogens is 412 g/mol. The second-order valence-electron chi connectivity index (χ2n) is 8.25. The first-order chi connectivity index (χ1) is 15.1. The number of amides is 1. The Morgan fingerprint density at radius 2 is 2.19 bits per heavy atom. The number of aromatic nitrogens is 2. The quantitative estimate of drug-likeness (QED) is 0.612. The maximum Gasteiger partial charge on any atom is 0.246 e. The van der Waals surface area contributed by atoms with Crippen molar-refractivity contribution in [1.29, 1.82) is 0 Å². The third-order valence-electron chi connectivity index (χ3n) is 6.44. The van der Waals surface area contributed by atoms with Crippen LogP contribution in [-0.2, 0) is 11.3 Å². The van der Waals surface area contributed by atoms with E-state index in [1.165, 1.54) is 6.08 Å². The molecule has 2 aromatic carbocycles. The summed E-state index contributed by atoms with van der Waals surface area (Å²) in [5.74, 6) is 0.765. The second-order valence-corrected chi connectivity index (χ2v) is 8.63. The van der Waals surface area contributed by atoms with E-state index in [4.69, 9.17) is 16.3 Å². The van der Waals surface area contributed by atoms with Crippen LogP contribution in [0.1, 0.15) is 17.5 Å². The Morgan fingerprint density at radius 1 is 1.32 bits per heavy atom. The topological polar surface area (TPSA) is 61.5 Å². The molecular formula is C24H25ClN4O2. The normalized spacial score (nSPS) is 19.2. The molecule has 0 radical (unpaired) electrons. The molecule has 7 heteroatoms. The fourth-order valence-corrected chi connectivity index (χ4v) is 5.11. The predicted octanol–water partition coefficient (Wildman–Crippen LogP) is 4.17. The molecule has 1 atom stereocenters. The summed E-state index contributed by atoms with van der Waals surface area (Å²) in [5.41, 5.74) is 5.25. The summed E-state index contributed by atoms with van der Waals surface area (Å²) in [6.45, 7) is 9.27. The maximum absolute atomic E-state index is 12.0. The van der Waals surface area contributed by atoms with Gasteiger partial charge in [0.1, 0.15) is 5.75 Å². The zero-order valence-corrected chi connectivity index (χ0v) is 18.3. The van der Waals surface area contributed by atoms with Crippen LogP contribution >= 0.6 is 11.6 Å². The number of carbonyl (C=O) groups is 1. The first kappa shape index (κ1) is 20.1. The standard InChI is InChI=1S/C24H25ClN4O2/c1-3-21(30)29-10-9-28-13-16-5-6-18(23(25)24(16)31-11-8-17(28)14-29)22-15(2)4-7-20-19(22)12-26-27-20/h3-7,12,17H,1,8-11,13-14H2,2H3,(H,26,27). The van der Waals surface area contributed by atoms with Crippen molar-refractivity contribution in [3.05, 3.63) is 59.3 Å². The molecule has 5 rings (SSSR count). The highest BCUT2D eigenvalue weighted by Crippen LogP contribution is 2.43. The molecule has 0 bridgehead atoms. The third-order valence-corrected chi connectivity index (χ3v) is 6.82. The minimum atomic E-state index is -0.000457. The van der Waals surface area contributed by atoms with Crippen LogP contribution in [0.2, 0.25) is 5.02 Å². The van der Waals surface area contributed by atoms with Crippen molar-refractivity contribution in [3.8, 4) is 16.9 Å². The van der Waals surface area contributed by atoms with Gasteiger partial charge >= 0.3 is 0 Å². The summed E-state index contributed by atoms with van der Waals surface area (Å²) in [6, 6.07) is 8.60. The van der Waals surface area contributed by atoms with Crippen molar-refractivity contribution in [1.82, 2.24) is 20.0 Å². The zero-order valence-electron chi connectivity index (χ0n) is 17.5. The van der Waals surface area contributed by atoms with Crippen LogP contribution in [0.5, 0.6) is 5.75 Å². The number of aromatic amines is 1. The summed E-state index contributed by atoms with van der Waals surface area (Å²) >= 11 is 6.95. The number of benzene rings is 2. The molecule has 3 heterocycles. The lowest BCUT2D eigenvalue weighted by atomic mass is 9.95. The van der Waals surface area contributed by atoms with Crippen molar-refractivity contribution >= 4 is 28.4 Å². The molecule has 1 saturated heterocycles. The average Bonchev–Trinajstić information content (AvgIpc) is 3.23. The van der Waals surface area contributed by atoms with Crippen molar-refractivity contribution in [2.24, 2.45) is 0 Å². The van der Waals surface area contributed by atoms with Crippen molar-refractivity contribution in [3.63, 3.8) is 0 Å². The highest BCUT2D eigenvalue weighted by Gasteiger charge is 2.31. The van der Waals surface area contributed by atoms with Gasteiger partial charge in [0, 0.05) is 48.7 Å². The minimum absolute atomic E-state index is 0.000457. The van der Waals surface area contributed by atoms with E-state index in [0.717, 1.165) is 58.4 Å². The first-order valence-electron chi connectivity index (χ1n) is 10.6. The summed E-state index contributed by atoms with van der Waals surface area (Å²) in [6.07, 6.45) is 4.09. The van der Waals surface area contributed by atoms with Gasteiger partial charge < -0.3 is 9.64 Å². The largest absolute Gasteiger partial charge is 0.492 e. The van der Waals surface area contributed by atoms with E-state index in [1.807, 2.05) is 17.2 Å². The van der Waals surface area contributed by atoms with E-state index in [0.29, 0.717) is 24.7 Å². The summed E-state index contributed by atoms with van der Waals surface area (Å²) in [7, 11) is 0. The highest BCUT2D eigenvalue weighted by molar-refractivity contribution is 6.35. The molecule has 0 spiro atoms. The molecule has 2 aliphatic heterocycles. The van der Waals surface area contributed by atoms with Gasteiger partial charge in [-0.2, -0.15) is 5.10 Å². The molecule has 160 valence electrons. The minimum Gasteiger partial charge on any atom is -0.492 e. The molecule has 1 aromatic heterocycles. The number of piperazine rings is 1. The Morgan fingerprint density at radius 3 is 3.03 bits per heavy atom. The molecule has 1 amide bonds. The Bertz CT molecular complexity index is 1170. The third kappa shape index (κ3) is 3.50. The first-order valence-corrected chi connectivity index (χ1v) is 11.0. The number of nitrogens with zero attached hydrogens (tertiary/aromatic N) is 3. The van der Waals surface area contributed by atoms with Gasteiger partial charge in [0.25, 0.3) is 0 Å². The molecule has 0 saturated carbocycles. The zero-order chi connectivity index (χ0) is 21.5. The number of H-pyrrole nitrogens is 1. The van der Waals surface area contributed by atoms with E-state index in [-0.39, 0.29) is 11.9 Å². The lowest BCUT2D eigenvalue weighted by Gasteiger charge is -2.42. The molecule has 1 N–H and O–H groups in total. The Balaban J connectivity index is 1.49. The number of halogens is 1. The number of nitrogens with one attached hydrogen (secondary N) is 1. The van der Waals surface area contributed by atoms with E-state index >= 15 is 0 Å². The van der Waals surface area contributed by atoms with Gasteiger partial charge in [0.05, 0.1) is 23.3 Å². The maximum atomic E-state index is 12.0. The lowest BCUT2D eigenvalue weighted by molar-refractivity contribution is -0.129. The van der Waals surface area contributed by atoms with Crippen LogP contribution in [0, 0.1) is 6.92 Å². The van der Waals surface area contributed by atoms with E-state index in [1.54, 1.807) is 0 Å². The van der Waals surface area contributed by atoms with Crippen LogP contribution in [0.3, 0.4) is 0 Å². The molecule has 2 aliphatic rings. The number of hydrogen-bond donors (Lipinski definition) is 1. The highest BCUT2D eigenvalue weighted by atomic mass is 35.5. The summed E-state index contributed by atoms with van der Waals surface area (Å²) < 4.78 is 6.22. The van der Waals surface area contributed by atoms with Crippen molar-refractivity contribution < 1.29 is 9.53 Å². The Labute approximate surface area is 186 Å². The molecule has 6 nitrogen and oxygen atoms in total. The van der Waals surface area contributed by atoms with E-state index in [2.05, 4.69) is 46.8 Å². The Hall–Kier alpha value is -2.83. The number of carbonyl (C=O) groups excluding carboxylic acids is 1. The van der Waals surface area contributed by atoms with Gasteiger partial charge in [-0.1, -0.05) is 36.4 Å².